The highest BCUT2D eigenvalue weighted by atomic mass is 35.5. The predicted molar refractivity (Wildman–Crippen MR) is 101 cm³/mol. The normalized spacial score (nSPS) is 18.7. The molecule has 0 saturated heterocycles. The monoisotopic (exact) mass is 409 g/mol. The van der Waals surface area contributed by atoms with Gasteiger partial charge in [-0.2, -0.15) is 0 Å². The number of ether oxygens (including phenoxy) is 1. The Hall–Kier alpha value is -2.71. The first kappa shape index (κ1) is 19.1. The Balaban J connectivity index is 2.05. The van der Waals surface area contributed by atoms with E-state index in [-0.39, 0.29) is 40.8 Å². The van der Waals surface area contributed by atoms with E-state index in [4.69, 9.17) is 27.9 Å². The molecule has 1 atom stereocenters. The molecule has 0 radical (unpaired) electrons. The molecule has 3 rings (SSSR count). The standard InChI is InChI=1S/C17H13Cl2N3O5/c1-10-14(21(23)24)6-12(7-15(10)22(25)26)17(8-18)9-20-16(27-17)11-2-4-13(19)5-3-11/h2-7H,8-9H2,1H3/t17-/m0/s1. The van der Waals surface area contributed by atoms with Crippen LogP contribution < -0.4 is 0 Å². The number of hydrogen-bond donors (Lipinski definition) is 0. The Morgan fingerprint density at radius 2 is 1.70 bits per heavy atom. The lowest BCUT2D eigenvalue weighted by Crippen LogP contribution is -2.33. The van der Waals surface area contributed by atoms with Crippen LogP contribution in [0.5, 0.6) is 0 Å². The summed E-state index contributed by atoms with van der Waals surface area (Å²) in [6, 6.07) is 9.28. The Labute approximate surface area is 163 Å². The number of halogens is 2. The van der Waals surface area contributed by atoms with Crippen molar-refractivity contribution in [1.82, 2.24) is 0 Å². The fraction of sp³-hybridized carbons (Fsp3) is 0.235. The molecule has 1 aliphatic heterocycles. The van der Waals surface area contributed by atoms with E-state index in [0.717, 1.165) is 0 Å². The quantitative estimate of drug-likeness (QED) is 0.413. The average Bonchev–Trinajstić information content (AvgIpc) is 3.08. The van der Waals surface area contributed by atoms with Crippen LogP contribution >= 0.6 is 23.2 Å². The Morgan fingerprint density at radius 3 is 2.19 bits per heavy atom. The SMILES string of the molecule is Cc1c([N+](=O)[O-])cc([C@]2(CCl)CN=C(c3ccc(Cl)cc3)O2)cc1[N+](=O)[O-]. The molecular weight excluding hydrogens is 397 g/mol. The van der Waals surface area contributed by atoms with Crippen molar-refractivity contribution in [2.24, 2.45) is 4.99 Å². The first-order valence-corrected chi connectivity index (χ1v) is 8.68. The first-order chi connectivity index (χ1) is 12.8. The number of nitro groups is 2. The maximum absolute atomic E-state index is 11.3. The van der Waals surface area contributed by atoms with Crippen LogP contribution in [-0.4, -0.2) is 28.2 Å². The molecule has 0 amide bonds. The van der Waals surface area contributed by atoms with Crippen LogP contribution in [0.3, 0.4) is 0 Å². The number of aliphatic imine (C=N–C) groups is 1. The lowest BCUT2D eigenvalue weighted by Gasteiger charge is -2.26. The third-order valence-corrected chi connectivity index (χ3v) is 5.03. The summed E-state index contributed by atoms with van der Waals surface area (Å²) < 4.78 is 5.95. The van der Waals surface area contributed by atoms with Gasteiger partial charge in [-0.15, -0.1) is 11.6 Å². The van der Waals surface area contributed by atoms with Crippen molar-refractivity contribution < 1.29 is 14.6 Å². The molecule has 2 aromatic carbocycles. The molecule has 0 fully saturated rings. The number of rotatable bonds is 5. The Kier molecular flexibility index (Phi) is 5.03. The van der Waals surface area contributed by atoms with Crippen LogP contribution in [0.4, 0.5) is 11.4 Å². The molecule has 1 aliphatic rings. The zero-order valence-electron chi connectivity index (χ0n) is 14.0. The van der Waals surface area contributed by atoms with E-state index in [2.05, 4.69) is 4.99 Å². The second-order valence-electron chi connectivity index (χ2n) is 6.01. The summed E-state index contributed by atoms with van der Waals surface area (Å²) in [5.74, 6) is 0.198. The highest BCUT2D eigenvalue weighted by molar-refractivity contribution is 6.30. The summed E-state index contributed by atoms with van der Waals surface area (Å²) in [7, 11) is 0. The number of alkyl halides is 1. The molecule has 0 aliphatic carbocycles. The summed E-state index contributed by atoms with van der Waals surface area (Å²) in [6.07, 6.45) is 0. The summed E-state index contributed by atoms with van der Waals surface area (Å²) in [4.78, 5) is 25.7. The highest BCUT2D eigenvalue weighted by Gasteiger charge is 2.42. The topological polar surface area (TPSA) is 108 Å². The average molecular weight is 410 g/mol. The van der Waals surface area contributed by atoms with Crippen molar-refractivity contribution in [3.05, 3.63) is 78.3 Å². The number of nitrogens with zero attached hydrogens (tertiary/aromatic N) is 3. The van der Waals surface area contributed by atoms with Gasteiger partial charge in [0.05, 0.1) is 22.3 Å². The molecule has 140 valence electrons. The predicted octanol–water partition coefficient (Wildman–Crippen LogP) is 4.38. The molecule has 0 saturated carbocycles. The highest BCUT2D eigenvalue weighted by Crippen LogP contribution is 2.39. The smallest absolute Gasteiger partial charge is 0.279 e. The van der Waals surface area contributed by atoms with Crippen LogP contribution in [0.25, 0.3) is 0 Å². The second-order valence-corrected chi connectivity index (χ2v) is 6.72. The number of nitro benzene ring substituents is 2. The largest absolute Gasteiger partial charge is 0.463 e. The van der Waals surface area contributed by atoms with Gasteiger partial charge in [-0.25, -0.2) is 4.99 Å². The van der Waals surface area contributed by atoms with Crippen molar-refractivity contribution in [1.29, 1.82) is 0 Å². The van der Waals surface area contributed by atoms with Gasteiger partial charge in [0.1, 0.15) is 5.56 Å². The van der Waals surface area contributed by atoms with Gasteiger partial charge in [0.15, 0.2) is 5.60 Å². The van der Waals surface area contributed by atoms with Crippen molar-refractivity contribution in [2.75, 3.05) is 12.4 Å². The molecule has 0 N–H and O–H groups in total. The zero-order chi connectivity index (χ0) is 19.8. The zero-order valence-corrected chi connectivity index (χ0v) is 15.5. The van der Waals surface area contributed by atoms with Gasteiger partial charge in [0, 0.05) is 28.3 Å². The van der Waals surface area contributed by atoms with E-state index < -0.39 is 15.4 Å². The second kappa shape index (κ2) is 7.13. The summed E-state index contributed by atoms with van der Waals surface area (Å²) in [5.41, 5.74) is -1.12. The molecule has 0 unspecified atom stereocenters. The summed E-state index contributed by atoms with van der Waals surface area (Å²) >= 11 is 12.0. The molecule has 0 spiro atoms. The number of hydrogen-bond acceptors (Lipinski definition) is 6. The summed E-state index contributed by atoms with van der Waals surface area (Å²) in [5, 5.41) is 23.2. The van der Waals surface area contributed by atoms with E-state index >= 15 is 0 Å². The van der Waals surface area contributed by atoms with Gasteiger partial charge >= 0.3 is 0 Å². The summed E-state index contributed by atoms with van der Waals surface area (Å²) in [6.45, 7) is 1.41. The minimum absolute atomic E-state index is 0.0321. The molecule has 10 heteroatoms. The molecule has 8 nitrogen and oxygen atoms in total. The fourth-order valence-corrected chi connectivity index (χ4v) is 3.23. The van der Waals surface area contributed by atoms with E-state index in [0.29, 0.717) is 10.6 Å². The van der Waals surface area contributed by atoms with Gasteiger partial charge in [0.2, 0.25) is 5.90 Å². The van der Waals surface area contributed by atoms with E-state index in [1.165, 1.54) is 19.1 Å². The van der Waals surface area contributed by atoms with E-state index in [9.17, 15) is 20.2 Å². The van der Waals surface area contributed by atoms with Crippen LogP contribution in [0.15, 0.2) is 41.4 Å². The number of benzene rings is 2. The minimum atomic E-state index is -1.24. The first-order valence-electron chi connectivity index (χ1n) is 7.77. The lowest BCUT2D eigenvalue weighted by atomic mass is 9.93. The van der Waals surface area contributed by atoms with Gasteiger partial charge in [-0.05, 0) is 31.2 Å². The molecule has 27 heavy (non-hydrogen) atoms. The lowest BCUT2D eigenvalue weighted by molar-refractivity contribution is -0.395. The third-order valence-electron chi connectivity index (χ3n) is 4.35. The fourth-order valence-electron chi connectivity index (χ4n) is 2.81. The maximum Gasteiger partial charge on any atom is 0.279 e. The van der Waals surface area contributed by atoms with Crippen molar-refractivity contribution in [3.8, 4) is 0 Å². The molecule has 2 aromatic rings. The minimum Gasteiger partial charge on any atom is -0.463 e. The molecule has 1 heterocycles. The van der Waals surface area contributed by atoms with Crippen LogP contribution in [0.1, 0.15) is 16.7 Å². The maximum atomic E-state index is 11.3. The van der Waals surface area contributed by atoms with Crippen LogP contribution in [-0.2, 0) is 10.3 Å². The van der Waals surface area contributed by atoms with Gasteiger partial charge < -0.3 is 4.74 Å². The van der Waals surface area contributed by atoms with Crippen LogP contribution in [0, 0.1) is 27.2 Å². The van der Waals surface area contributed by atoms with Gasteiger partial charge in [0.25, 0.3) is 11.4 Å². The Bertz CT molecular complexity index is 927. The van der Waals surface area contributed by atoms with Gasteiger partial charge in [-0.1, -0.05) is 11.6 Å². The van der Waals surface area contributed by atoms with Crippen molar-refractivity contribution >= 4 is 40.5 Å². The molecule has 0 aromatic heterocycles. The van der Waals surface area contributed by atoms with Crippen LogP contribution in [0.2, 0.25) is 5.02 Å². The van der Waals surface area contributed by atoms with E-state index in [1.54, 1.807) is 24.3 Å². The Morgan fingerprint density at radius 1 is 1.15 bits per heavy atom. The van der Waals surface area contributed by atoms with Crippen molar-refractivity contribution in [2.45, 2.75) is 12.5 Å². The van der Waals surface area contributed by atoms with Gasteiger partial charge in [-0.3, -0.25) is 20.2 Å². The molecule has 0 bridgehead atoms. The molecular formula is C17H13Cl2N3O5. The third kappa shape index (κ3) is 3.45. The van der Waals surface area contributed by atoms with E-state index in [1.807, 2.05) is 0 Å². The van der Waals surface area contributed by atoms with Crippen molar-refractivity contribution in [3.63, 3.8) is 0 Å².